The summed E-state index contributed by atoms with van der Waals surface area (Å²) in [6.07, 6.45) is -1.41. The van der Waals surface area contributed by atoms with Gasteiger partial charge >= 0.3 is 19.4 Å². The Hall–Kier alpha value is -2.24. The van der Waals surface area contributed by atoms with Crippen molar-refractivity contribution >= 4 is 31.3 Å². The lowest BCUT2D eigenvalue weighted by atomic mass is 10.1. The number of nitrogens with one attached hydrogen (secondary N) is 1. The van der Waals surface area contributed by atoms with E-state index in [0.29, 0.717) is 0 Å². The van der Waals surface area contributed by atoms with Crippen molar-refractivity contribution in [3.05, 3.63) is 58.6 Å². The van der Waals surface area contributed by atoms with Gasteiger partial charge in [-0.1, -0.05) is 30.3 Å². The topological polar surface area (TPSA) is 135 Å². The number of ether oxygens (including phenoxy) is 1. The molecule has 2 aromatic rings. The molecule has 10 nitrogen and oxygen atoms in total. The molecule has 3 N–H and O–H groups in total. The second-order valence-electron chi connectivity index (χ2n) is 7.36. The van der Waals surface area contributed by atoms with Gasteiger partial charge in [-0.15, -0.1) is 11.8 Å². The third-order valence-electron chi connectivity index (χ3n) is 4.99. The molecular weight excluding hydrogens is 462 g/mol. The van der Waals surface area contributed by atoms with Gasteiger partial charge in [0.05, 0.1) is 11.9 Å². The maximum atomic E-state index is 15.2. The number of carbonyl (C=O) groups is 1. The lowest BCUT2D eigenvalue weighted by Gasteiger charge is -2.33. The van der Waals surface area contributed by atoms with Gasteiger partial charge in [0.15, 0.2) is 6.17 Å². The van der Waals surface area contributed by atoms with Crippen LogP contribution in [-0.4, -0.2) is 45.7 Å². The van der Waals surface area contributed by atoms with E-state index in [1.165, 1.54) is 19.2 Å². The van der Waals surface area contributed by atoms with Crippen molar-refractivity contribution < 1.29 is 27.5 Å². The van der Waals surface area contributed by atoms with Gasteiger partial charge in [0.25, 0.3) is 0 Å². The largest absolute Gasteiger partial charge is 0.460 e. The number of nitrogens with zero attached hydrogens (tertiary/aromatic N) is 2. The molecule has 1 aromatic carbocycles. The smallest absolute Gasteiger partial charge is 0.406 e. The minimum Gasteiger partial charge on any atom is -0.460 e. The normalized spacial score (nSPS) is 30.4. The summed E-state index contributed by atoms with van der Waals surface area (Å²) in [5.74, 6) is -0.628. The Morgan fingerprint density at radius 2 is 2.19 bits per heavy atom. The maximum Gasteiger partial charge on any atom is 0.406 e. The highest BCUT2D eigenvalue weighted by atomic mass is 32.2. The van der Waals surface area contributed by atoms with Crippen molar-refractivity contribution in [2.75, 3.05) is 12.3 Å². The highest BCUT2D eigenvalue weighted by Crippen LogP contribution is 2.57. The van der Waals surface area contributed by atoms with Crippen molar-refractivity contribution in [1.29, 1.82) is 0 Å². The Morgan fingerprint density at radius 1 is 1.44 bits per heavy atom. The average molecular weight is 484 g/mol. The van der Waals surface area contributed by atoms with Crippen LogP contribution < -0.4 is 16.5 Å². The van der Waals surface area contributed by atoms with Gasteiger partial charge in [-0.05, 0) is 18.6 Å². The number of halogens is 1. The molecule has 2 fully saturated rings. The number of nitrogen functional groups attached to an aromatic ring is 1. The molecule has 6 atom stereocenters. The predicted octanol–water partition coefficient (Wildman–Crippen LogP) is 2.02. The SMILES string of the molecule is C[C@H](NP1(=O)OC[C@H]2S[C@@H](n3ccc(N)nc3=O)[C@@H](F)[C@@H]2O1)C(=O)OCc1ccccc1. The lowest BCUT2D eigenvalue weighted by Crippen LogP contribution is -2.42. The summed E-state index contributed by atoms with van der Waals surface area (Å²) in [5, 5.41) is 1.07. The zero-order valence-corrected chi connectivity index (χ0v) is 18.7. The molecule has 0 spiro atoms. The van der Waals surface area contributed by atoms with Gasteiger partial charge in [-0.2, -0.15) is 4.98 Å². The van der Waals surface area contributed by atoms with Gasteiger partial charge in [-0.3, -0.25) is 18.4 Å². The number of nitrogens with two attached hydrogens (primary N) is 1. The number of carbonyl (C=O) groups excluding carboxylic acids is 1. The van der Waals surface area contributed by atoms with Crippen molar-refractivity contribution in [1.82, 2.24) is 14.6 Å². The molecule has 0 aliphatic carbocycles. The van der Waals surface area contributed by atoms with E-state index in [2.05, 4.69) is 10.1 Å². The first-order chi connectivity index (χ1) is 15.3. The molecule has 1 unspecified atom stereocenters. The van der Waals surface area contributed by atoms with Crippen LogP contribution in [0.3, 0.4) is 0 Å². The van der Waals surface area contributed by atoms with Gasteiger partial charge < -0.3 is 10.5 Å². The Bertz CT molecular complexity index is 1090. The van der Waals surface area contributed by atoms with Crippen LogP contribution in [0.1, 0.15) is 17.9 Å². The van der Waals surface area contributed by atoms with Crippen molar-refractivity contribution in [3.8, 4) is 0 Å². The van der Waals surface area contributed by atoms with Crippen LogP contribution in [0.25, 0.3) is 0 Å². The van der Waals surface area contributed by atoms with E-state index in [0.717, 1.165) is 21.9 Å². The molecule has 13 heteroatoms. The van der Waals surface area contributed by atoms with E-state index < -0.39 is 48.3 Å². The molecule has 2 aliphatic rings. The fraction of sp³-hybridized carbons (Fsp3) is 0.421. The summed E-state index contributed by atoms with van der Waals surface area (Å²) in [7, 11) is -3.99. The fourth-order valence-electron chi connectivity index (χ4n) is 3.37. The number of thioether (sulfide) groups is 1. The lowest BCUT2D eigenvalue weighted by molar-refractivity contribution is -0.146. The maximum absolute atomic E-state index is 15.2. The van der Waals surface area contributed by atoms with Crippen LogP contribution >= 0.6 is 19.5 Å². The number of fused-ring (bicyclic) bond motifs is 1. The molecule has 4 rings (SSSR count). The predicted molar refractivity (Wildman–Crippen MR) is 115 cm³/mol. The first-order valence-corrected chi connectivity index (χ1v) is 12.3. The van der Waals surface area contributed by atoms with Gasteiger partial charge in [0.2, 0.25) is 0 Å². The highest BCUT2D eigenvalue weighted by molar-refractivity contribution is 8.00. The van der Waals surface area contributed by atoms with Crippen LogP contribution in [0, 0.1) is 0 Å². The number of esters is 1. The summed E-state index contributed by atoms with van der Waals surface area (Å²) in [6.45, 7) is 1.42. The molecule has 32 heavy (non-hydrogen) atoms. The van der Waals surface area contributed by atoms with Crippen LogP contribution in [0.2, 0.25) is 0 Å². The fourth-order valence-corrected chi connectivity index (χ4v) is 6.73. The molecule has 3 heterocycles. The average Bonchev–Trinajstić information content (AvgIpc) is 3.08. The second kappa shape index (κ2) is 9.32. The van der Waals surface area contributed by atoms with Crippen LogP contribution in [0.5, 0.6) is 0 Å². The van der Waals surface area contributed by atoms with Gasteiger partial charge in [0, 0.05) is 6.20 Å². The van der Waals surface area contributed by atoms with E-state index in [4.69, 9.17) is 19.5 Å². The van der Waals surface area contributed by atoms with Gasteiger partial charge in [-0.25, -0.2) is 18.8 Å². The van der Waals surface area contributed by atoms with Crippen molar-refractivity contribution in [2.24, 2.45) is 0 Å². The molecule has 0 amide bonds. The number of hydrogen-bond acceptors (Lipinski definition) is 9. The molecule has 2 aliphatic heterocycles. The zero-order chi connectivity index (χ0) is 22.9. The van der Waals surface area contributed by atoms with Gasteiger partial charge in [0.1, 0.15) is 29.9 Å². The number of hydrogen-bond donors (Lipinski definition) is 2. The monoisotopic (exact) mass is 484 g/mol. The summed E-state index contributed by atoms with van der Waals surface area (Å²) >= 11 is 1.12. The minimum absolute atomic E-state index is 0.0310. The first-order valence-electron chi connectivity index (χ1n) is 9.81. The second-order valence-corrected chi connectivity index (χ2v) is 10.4. The molecule has 0 radical (unpaired) electrons. The first kappa shape index (κ1) is 22.9. The van der Waals surface area contributed by atoms with E-state index in [-0.39, 0.29) is 19.0 Å². The number of benzene rings is 1. The highest BCUT2D eigenvalue weighted by Gasteiger charge is 2.53. The quantitative estimate of drug-likeness (QED) is 0.463. The summed E-state index contributed by atoms with van der Waals surface area (Å²) < 4.78 is 45.4. The standard InChI is InChI=1S/C19H22FN4O6PS/c1-11(18(25)28-9-12-5-3-2-4-6-12)23-31(27)29-10-13-16(30-31)15(20)17(32-13)24-8-7-14(21)22-19(24)26/h2-8,11,13,15-17H,9-10H2,1H3,(H,23,27)(H2,21,22,26)/t11-,13+,15-,16+,17+,31?/m0/s1. The summed E-state index contributed by atoms with van der Waals surface area (Å²) in [6, 6.07) is 9.46. The Kier molecular flexibility index (Phi) is 6.68. The van der Waals surface area contributed by atoms with Crippen LogP contribution in [0.4, 0.5) is 10.2 Å². The number of alkyl halides is 1. The summed E-state index contributed by atoms with van der Waals surface area (Å²) in [5.41, 5.74) is 5.59. The van der Waals surface area contributed by atoms with E-state index in [1.807, 2.05) is 18.2 Å². The molecule has 1 aromatic heterocycles. The zero-order valence-electron chi connectivity index (χ0n) is 17.0. The van der Waals surface area contributed by atoms with Crippen molar-refractivity contribution in [3.63, 3.8) is 0 Å². The van der Waals surface area contributed by atoms with E-state index in [1.54, 1.807) is 12.1 Å². The molecule has 0 bridgehead atoms. The summed E-state index contributed by atoms with van der Waals surface area (Å²) in [4.78, 5) is 28.0. The van der Waals surface area contributed by atoms with Crippen LogP contribution in [-0.2, 0) is 29.8 Å². The Morgan fingerprint density at radius 3 is 2.91 bits per heavy atom. The molecule has 2 saturated heterocycles. The molecular formula is C19H22FN4O6PS. The van der Waals surface area contributed by atoms with E-state index >= 15 is 4.39 Å². The molecule has 172 valence electrons. The Balaban J connectivity index is 1.38. The number of anilines is 1. The molecule has 0 saturated carbocycles. The Labute approximate surface area is 187 Å². The van der Waals surface area contributed by atoms with Crippen LogP contribution in [0.15, 0.2) is 47.4 Å². The third kappa shape index (κ3) is 4.89. The number of rotatable bonds is 6. The minimum atomic E-state index is -3.99. The third-order valence-corrected chi connectivity index (χ3v) is 8.22. The van der Waals surface area contributed by atoms with Crippen molar-refractivity contribution in [2.45, 2.75) is 42.5 Å². The number of aromatic nitrogens is 2. The van der Waals surface area contributed by atoms with E-state index in [9.17, 15) is 14.2 Å².